The zero-order valence-corrected chi connectivity index (χ0v) is 10.4. The Bertz CT molecular complexity index is 765. The van der Waals surface area contributed by atoms with E-state index in [0.29, 0.717) is 16.4 Å². The molecule has 1 aromatic carbocycles. The number of hydrogen-bond donors (Lipinski definition) is 1. The summed E-state index contributed by atoms with van der Waals surface area (Å²) in [7, 11) is 0. The molecular weight excluding hydrogens is 266 g/mol. The van der Waals surface area contributed by atoms with Crippen LogP contribution in [0, 0.1) is 0 Å². The Morgan fingerprint density at radius 1 is 1.26 bits per heavy atom. The van der Waals surface area contributed by atoms with Crippen LogP contribution in [-0.4, -0.2) is 25.4 Å². The average Bonchev–Trinajstić information content (AvgIpc) is 2.82. The van der Waals surface area contributed by atoms with E-state index in [1.165, 1.54) is 6.20 Å². The molecule has 1 N–H and O–H groups in total. The first kappa shape index (κ1) is 11.7. The molecule has 5 nitrogen and oxygen atoms in total. The maximum atomic E-state index is 11.1. The van der Waals surface area contributed by atoms with Gasteiger partial charge in [-0.15, -0.1) is 0 Å². The fraction of sp³-hybridized carbons (Fsp3) is 0. The standard InChI is InChI=1S/C13H8ClN3O2/c14-9-3-1-8(2-4-9)10-7-17-6-5-15-11(13(18)19)12(17)16-10/h1-7H,(H,18,19). The van der Waals surface area contributed by atoms with E-state index >= 15 is 0 Å². The van der Waals surface area contributed by atoms with Crippen molar-refractivity contribution in [2.75, 3.05) is 0 Å². The highest BCUT2D eigenvalue weighted by atomic mass is 35.5. The van der Waals surface area contributed by atoms with E-state index in [2.05, 4.69) is 9.97 Å². The minimum Gasteiger partial charge on any atom is -0.476 e. The van der Waals surface area contributed by atoms with Crippen LogP contribution in [0.4, 0.5) is 0 Å². The normalized spacial score (nSPS) is 10.8. The first-order valence-electron chi connectivity index (χ1n) is 5.48. The number of aromatic carboxylic acids is 1. The Morgan fingerprint density at radius 3 is 2.68 bits per heavy atom. The molecule has 0 bridgehead atoms. The molecule has 0 radical (unpaired) electrons. The van der Waals surface area contributed by atoms with Gasteiger partial charge in [-0.05, 0) is 12.1 Å². The van der Waals surface area contributed by atoms with Gasteiger partial charge in [-0.1, -0.05) is 23.7 Å². The van der Waals surface area contributed by atoms with Crippen LogP contribution in [0.2, 0.25) is 5.02 Å². The number of fused-ring (bicyclic) bond motifs is 1. The summed E-state index contributed by atoms with van der Waals surface area (Å²) in [4.78, 5) is 19.2. The van der Waals surface area contributed by atoms with Crippen LogP contribution in [-0.2, 0) is 0 Å². The minimum atomic E-state index is -1.10. The zero-order valence-electron chi connectivity index (χ0n) is 9.62. The highest BCUT2D eigenvalue weighted by Crippen LogP contribution is 2.21. The van der Waals surface area contributed by atoms with Gasteiger partial charge in [-0.3, -0.25) is 0 Å². The van der Waals surface area contributed by atoms with Crippen molar-refractivity contribution in [3.8, 4) is 11.3 Å². The molecule has 0 saturated carbocycles. The maximum absolute atomic E-state index is 11.1. The Hall–Kier alpha value is -2.40. The van der Waals surface area contributed by atoms with Crippen molar-refractivity contribution in [3.63, 3.8) is 0 Å². The third-order valence-electron chi connectivity index (χ3n) is 2.72. The second-order valence-electron chi connectivity index (χ2n) is 3.94. The number of nitrogens with zero attached hydrogens (tertiary/aromatic N) is 3. The largest absolute Gasteiger partial charge is 0.476 e. The second kappa shape index (κ2) is 4.37. The molecule has 3 aromatic rings. The Labute approximate surface area is 113 Å². The molecule has 0 fully saturated rings. The summed E-state index contributed by atoms with van der Waals surface area (Å²) in [6.07, 6.45) is 4.85. The number of rotatable bonds is 2. The van der Waals surface area contributed by atoms with Crippen molar-refractivity contribution < 1.29 is 9.90 Å². The highest BCUT2D eigenvalue weighted by molar-refractivity contribution is 6.30. The van der Waals surface area contributed by atoms with Gasteiger partial charge in [0.25, 0.3) is 0 Å². The van der Waals surface area contributed by atoms with Crippen LogP contribution in [0.25, 0.3) is 16.9 Å². The van der Waals surface area contributed by atoms with Gasteiger partial charge in [-0.2, -0.15) is 0 Å². The van der Waals surface area contributed by atoms with E-state index in [9.17, 15) is 4.79 Å². The molecule has 94 valence electrons. The zero-order chi connectivity index (χ0) is 13.4. The molecule has 2 aromatic heterocycles. The fourth-order valence-corrected chi connectivity index (χ4v) is 1.96. The number of imidazole rings is 1. The monoisotopic (exact) mass is 273 g/mol. The van der Waals surface area contributed by atoms with Gasteiger partial charge in [0, 0.05) is 29.2 Å². The number of aromatic nitrogens is 3. The van der Waals surface area contributed by atoms with Crippen molar-refractivity contribution in [1.82, 2.24) is 14.4 Å². The third kappa shape index (κ3) is 2.04. The lowest BCUT2D eigenvalue weighted by Gasteiger charge is -1.95. The molecule has 6 heteroatoms. The predicted molar refractivity (Wildman–Crippen MR) is 70.4 cm³/mol. The Balaban J connectivity index is 2.19. The second-order valence-corrected chi connectivity index (χ2v) is 4.38. The number of benzene rings is 1. The summed E-state index contributed by atoms with van der Waals surface area (Å²) < 4.78 is 1.64. The number of carbonyl (C=O) groups is 1. The van der Waals surface area contributed by atoms with Crippen LogP contribution >= 0.6 is 11.6 Å². The van der Waals surface area contributed by atoms with Gasteiger partial charge in [0.15, 0.2) is 11.3 Å². The first-order valence-corrected chi connectivity index (χ1v) is 5.86. The molecule has 2 heterocycles. The molecule has 0 atom stereocenters. The molecule has 0 unspecified atom stereocenters. The topological polar surface area (TPSA) is 67.5 Å². The summed E-state index contributed by atoms with van der Waals surface area (Å²) in [6.45, 7) is 0. The van der Waals surface area contributed by atoms with E-state index in [1.54, 1.807) is 28.9 Å². The van der Waals surface area contributed by atoms with E-state index in [-0.39, 0.29) is 5.69 Å². The first-order chi connectivity index (χ1) is 9.15. The number of hydrogen-bond acceptors (Lipinski definition) is 3. The quantitative estimate of drug-likeness (QED) is 0.779. The molecule has 19 heavy (non-hydrogen) atoms. The highest BCUT2D eigenvalue weighted by Gasteiger charge is 2.14. The predicted octanol–water partition coefficient (Wildman–Crippen LogP) is 2.75. The summed E-state index contributed by atoms with van der Waals surface area (Å²) in [5.74, 6) is -1.10. The lowest BCUT2D eigenvalue weighted by molar-refractivity contribution is 0.0692. The Morgan fingerprint density at radius 2 is 2.00 bits per heavy atom. The third-order valence-corrected chi connectivity index (χ3v) is 2.97. The van der Waals surface area contributed by atoms with E-state index < -0.39 is 5.97 Å². The molecule has 0 saturated heterocycles. The summed E-state index contributed by atoms with van der Waals surface area (Å²) in [5, 5.41) is 9.71. The molecule has 3 rings (SSSR count). The van der Waals surface area contributed by atoms with Crippen molar-refractivity contribution in [2.45, 2.75) is 0 Å². The van der Waals surface area contributed by atoms with Crippen LogP contribution < -0.4 is 0 Å². The molecule has 0 spiro atoms. The summed E-state index contributed by atoms with van der Waals surface area (Å²) >= 11 is 5.83. The lowest BCUT2D eigenvalue weighted by atomic mass is 10.2. The van der Waals surface area contributed by atoms with Gasteiger partial charge >= 0.3 is 5.97 Å². The molecule has 0 aliphatic carbocycles. The van der Waals surface area contributed by atoms with Gasteiger partial charge in [0.05, 0.1) is 5.69 Å². The molecule has 0 aliphatic heterocycles. The SMILES string of the molecule is O=C(O)c1nccn2cc(-c3ccc(Cl)cc3)nc12. The van der Waals surface area contributed by atoms with Crippen molar-refractivity contribution >= 4 is 23.2 Å². The molecule has 0 amide bonds. The van der Waals surface area contributed by atoms with Crippen LogP contribution in [0.5, 0.6) is 0 Å². The van der Waals surface area contributed by atoms with E-state index in [1.807, 2.05) is 12.1 Å². The van der Waals surface area contributed by atoms with Crippen molar-refractivity contribution in [2.24, 2.45) is 0 Å². The van der Waals surface area contributed by atoms with Crippen molar-refractivity contribution in [1.29, 1.82) is 0 Å². The lowest BCUT2D eigenvalue weighted by Crippen LogP contribution is -2.03. The maximum Gasteiger partial charge on any atom is 0.358 e. The smallest absolute Gasteiger partial charge is 0.358 e. The van der Waals surface area contributed by atoms with Crippen LogP contribution in [0.15, 0.2) is 42.9 Å². The van der Waals surface area contributed by atoms with Gasteiger partial charge in [-0.25, -0.2) is 14.8 Å². The Kier molecular flexibility index (Phi) is 2.68. The molecular formula is C13H8ClN3O2. The van der Waals surface area contributed by atoms with Gasteiger partial charge < -0.3 is 9.51 Å². The summed E-state index contributed by atoms with van der Waals surface area (Å²) in [6, 6.07) is 7.18. The average molecular weight is 274 g/mol. The number of carboxylic acids is 1. The fourth-order valence-electron chi connectivity index (χ4n) is 1.83. The number of halogens is 1. The number of carboxylic acid groups (broad SMARTS) is 1. The van der Waals surface area contributed by atoms with E-state index in [4.69, 9.17) is 16.7 Å². The summed E-state index contributed by atoms with van der Waals surface area (Å²) in [5.41, 5.74) is 1.79. The van der Waals surface area contributed by atoms with Crippen LogP contribution in [0.1, 0.15) is 10.5 Å². The van der Waals surface area contributed by atoms with Gasteiger partial charge in [0.1, 0.15) is 0 Å². The minimum absolute atomic E-state index is 0.0669. The van der Waals surface area contributed by atoms with Crippen molar-refractivity contribution in [3.05, 3.63) is 53.6 Å². The van der Waals surface area contributed by atoms with Crippen LogP contribution in [0.3, 0.4) is 0 Å². The van der Waals surface area contributed by atoms with Gasteiger partial charge in [0.2, 0.25) is 0 Å². The van der Waals surface area contributed by atoms with E-state index in [0.717, 1.165) is 5.56 Å². The molecule has 0 aliphatic rings.